The van der Waals surface area contributed by atoms with Gasteiger partial charge < -0.3 is 20.2 Å². The van der Waals surface area contributed by atoms with Crippen molar-refractivity contribution in [1.29, 1.82) is 0 Å². The standard InChI is InChI=1S/C22H40N2O3Si/c1-21(2,3)26-20(25)24-16-18-12-10-9-11-17(18)13-14-19(15-23)27-28(7,8)22(4,5)6/h9-12,19H,13-16,23H2,1-8H3,(H,24,25)/t19-/m0/s1. The molecule has 1 amide bonds. The monoisotopic (exact) mass is 408 g/mol. The summed E-state index contributed by atoms with van der Waals surface area (Å²) < 4.78 is 11.8. The highest BCUT2D eigenvalue weighted by molar-refractivity contribution is 6.74. The van der Waals surface area contributed by atoms with E-state index in [1.807, 2.05) is 39.0 Å². The average Bonchev–Trinajstić information content (AvgIpc) is 2.54. The highest BCUT2D eigenvalue weighted by Crippen LogP contribution is 2.37. The van der Waals surface area contributed by atoms with Gasteiger partial charge in [0.1, 0.15) is 5.60 Å². The van der Waals surface area contributed by atoms with Crippen LogP contribution in [0.3, 0.4) is 0 Å². The van der Waals surface area contributed by atoms with Crippen molar-refractivity contribution in [2.45, 2.75) is 90.8 Å². The van der Waals surface area contributed by atoms with Crippen LogP contribution in [-0.4, -0.2) is 32.7 Å². The summed E-state index contributed by atoms with van der Waals surface area (Å²) in [6.45, 7) is 17.8. The molecule has 0 heterocycles. The first kappa shape index (κ1) is 24.7. The Labute approximate surface area is 172 Å². The third-order valence-corrected chi connectivity index (χ3v) is 9.74. The molecule has 0 aliphatic carbocycles. The fourth-order valence-corrected chi connectivity index (χ4v) is 3.99. The second-order valence-corrected chi connectivity index (χ2v) is 14.7. The topological polar surface area (TPSA) is 73.6 Å². The molecular weight excluding hydrogens is 368 g/mol. The number of benzene rings is 1. The Morgan fingerprint density at radius 3 is 2.18 bits per heavy atom. The van der Waals surface area contributed by atoms with Crippen LogP contribution in [0.1, 0.15) is 59.1 Å². The Bertz CT molecular complexity index is 633. The number of rotatable bonds is 8. The zero-order chi connectivity index (χ0) is 21.6. The Balaban J connectivity index is 2.70. The zero-order valence-corrected chi connectivity index (χ0v) is 20.0. The van der Waals surface area contributed by atoms with Gasteiger partial charge in [-0.25, -0.2) is 4.79 Å². The average molecular weight is 409 g/mol. The molecular formula is C22H40N2O3Si. The predicted molar refractivity (Wildman–Crippen MR) is 119 cm³/mol. The number of carbonyl (C=O) groups excluding carboxylic acids is 1. The summed E-state index contributed by atoms with van der Waals surface area (Å²) in [4.78, 5) is 11.9. The molecule has 0 spiro atoms. The molecule has 0 saturated heterocycles. The minimum atomic E-state index is -1.85. The number of hydrogen-bond acceptors (Lipinski definition) is 4. The molecule has 1 aromatic carbocycles. The van der Waals surface area contributed by atoms with E-state index in [0.29, 0.717) is 13.1 Å². The maximum Gasteiger partial charge on any atom is 0.407 e. The largest absolute Gasteiger partial charge is 0.444 e. The summed E-state index contributed by atoms with van der Waals surface area (Å²) in [5.41, 5.74) is 7.80. The second kappa shape index (κ2) is 9.90. The highest BCUT2D eigenvalue weighted by atomic mass is 28.4. The Morgan fingerprint density at radius 2 is 1.68 bits per heavy atom. The van der Waals surface area contributed by atoms with Crippen molar-refractivity contribution in [3.8, 4) is 0 Å². The van der Waals surface area contributed by atoms with Crippen molar-refractivity contribution >= 4 is 14.4 Å². The van der Waals surface area contributed by atoms with E-state index >= 15 is 0 Å². The van der Waals surface area contributed by atoms with Crippen molar-refractivity contribution in [2.24, 2.45) is 5.73 Å². The minimum absolute atomic E-state index is 0.0489. The number of alkyl carbamates (subject to hydrolysis) is 1. The van der Waals surface area contributed by atoms with Gasteiger partial charge in [0.05, 0.1) is 6.10 Å². The van der Waals surface area contributed by atoms with Crippen LogP contribution in [0.4, 0.5) is 4.79 Å². The maximum atomic E-state index is 11.9. The van der Waals surface area contributed by atoms with E-state index in [-0.39, 0.29) is 11.1 Å². The summed E-state index contributed by atoms with van der Waals surface area (Å²) >= 11 is 0. The molecule has 6 heteroatoms. The van der Waals surface area contributed by atoms with E-state index in [4.69, 9.17) is 14.9 Å². The molecule has 0 bridgehead atoms. The molecule has 0 radical (unpaired) electrons. The summed E-state index contributed by atoms with van der Waals surface area (Å²) in [6, 6.07) is 8.16. The Kier molecular flexibility index (Phi) is 8.72. The van der Waals surface area contributed by atoms with Crippen molar-refractivity contribution in [1.82, 2.24) is 5.32 Å². The maximum absolute atomic E-state index is 11.9. The van der Waals surface area contributed by atoms with Crippen molar-refractivity contribution < 1.29 is 14.0 Å². The highest BCUT2D eigenvalue weighted by Gasteiger charge is 2.38. The lowest BCUT2D eigenvalue weighted by Crippen LogP contribution is -2.45. The van der Waals surface area contributed by atoms with E-state index in [1.165, 1.54) is 5.56 Å². The molecule has 0 aromatic heterocycles. The van der Waals surface area contributed by atoms with E-state index in [0.717, 1.165) is 18.4 Å². The first-order valence-corrected chi connectivity index (χ1v) is 13.1. The van der Waals surface area contributed by atoms with Gasteiger partial charge in [0, 0.05) is 13.1 Å². The van der Waals surface area contributed by atoms with Gasteiger partial charge in [0.25, 0.3) is 0 Å². The van der Waals surface area contributed by atoms with Crippen LogP contribution in [0, 0.1) is 0 Å². The van der Waals surface area contributed by atoms with E-state index in [9.17, 15) is 4.79 Å². The van der Waals surface area contributed by atoms with Gasteiger partial charge in [-0.1, -0.05) is 45.0 Å². The molecule has 3 N–H and O–H groups in total. The molecule has 0 fully saturated rings. The smallest absolute Gasteiger partial charge is 0.407 e. The van der Waals surface area contributed by atoms with Crippen LogP contribution in [0.5, 0.6) is 0 Å². The molecule has 5 nitrogen and oxygen atoms in total. The van der Waals surface area contributed by atoms with Gasteiger partial charge in [0.15, 0.2) is 8.32 Å². The van der Waals surface area contributed by atoms with Crippen LogP contribution in [-0.2, 0) is 22.1 Å². The molecule has 0 aliphatic rings. The SMILES string of the molecule is CC(C)(C)OC(=O)NCc1ccccc1CC[C@@H](CN)O[Si](C)(C)C(C)(C)C. The van der Waals surface area contributed by atoms with Gasteiger partial charge in [-0.2, -0.15) is 0 Å². The van der Waals surface area contributed by atoms with Gasteiger partial charge in [-0.3, -0.25) is 0 Å². The molecule has 0 aliphatic heterocycles. The lowest BCUT2D eigenvalue weighted by atomic mass is 10.0. The number of hydrogen-bond donors (Lipinski definition) is 2. The van der Waals surface area contributed by atoms with Gasteiger partial charge in [-0.15, -0.1) is 0 Å². The molecule has 0 unspecified atom stereocenters. The molecule has 1 atom stereocenters. The third-order valence-electron chi connectivity index (χ3n) is 5.21. The number of ether oxygens (including phenoxy) is 1. The Hall–Kier alpha value is -1.37. The van der Waals surface area contributed by atoms with E-state index in [2.05, 4.69) is 45.2 Å². The fourth-order valence-electron chi connectivity index (χ4n) is 2.59. The summed E-state index contributed by atoms with van der Waals surface area (Å²) in [5.74, 6) is 0. The summed E-state index contributed by atoms with van der Waals surface area (Å²) in [7, 11) is -1.85. The lowest BCUT2D eigenvalue weighted by Gasteiger charge is -2.39. The molecule has 1 rings (SSSR count). The summed E-state index contributed by atoms with van der Waals surface area (Å²) in [6.07, 6.45) is 1.38. The zero-order valence-electron chi connectivity index (χ0n) is 19.0. The summed E-state index contributed by atoms with van der Waals surface area (Å²) in [5, 5.41) is 3.01. The Morgan fingerprint density at radius 1 is 1.11 bits per heavy atom. The van der Waals surface area contributed by atoms with E-state index < -0.39 is 20.0 Å². The van der Waals surface area contributed by atoms with Crippen molar-refractivity contribution in [3.05, 3.63) is 35.4 Å². The third kappa shape index (κ3) is 8.33. The van der Waals surface area contributed by atoms with Crippen molar-refractivity contribution in [2.75, 3.05) is 6.54 Å². The van der Waals surface area contributed by atoms with Crippen molar-refractivity contribution in [3.63, 3.8) is 0 Å². The molecule has 1 aromatic rings. The van der Waals surface area contributed by atoms with Gasteiger partial charge in [-0.05, 0) is 62.9 Å². The quantitative estimate of drug-likeness (QED) is 0.594. The van der Waals surface area contributed by atoms with Crippen LogP contribution >= 0.6 is 0 Å². The number of carbonyl (C=O) groups is 1. The predicted octanol–water partition coefficient (Wildman–Crippen LogP) is 4.99. The minimum Gasteiger partial charge on any atom is -0.444 e. The van der Waals surface area contributed by atoms with Crippen LogP contribution in [0.25, 0.3) is 0 Å². The van der Waals surface area contributed by atoms with Crippen LogP contribution in [0.2, 0.25) is 18.1 Å². The molecule has 0 saturated carbocycles. The number of amides is 1. The van der Waals surface area contributed by atoms with Gasteiger partial charge >= 0.3 is 6.09 Å². The lowest BCUT2D eigenvalue weighted by molar-refractivity contribution is 0.0523. The first-order valence-electron chi connectivity index (χ1n) is 10.2. The first-order chi connectivity index (χ1) is 12.7. The van der Waals surface area contributed by atoms with Crippen LogP contribution < -0.4 is 11.1 Å². The van der Waals surface area contributed by atoms with Crippen LogP contribution in [0.15, 0.2) is 24.3 Å². The van der Waals surface area contributed by atoms with Gasteiger partial charge in [0.2, 0.25) is 0 Å². The molecule has 160 valence electrons. The number of nitrogens with two attached hydrogens (primary N) is 1. The second-order valence-electron chi connectivity index (χ2n) is 9.90. The fraction of sp³-hybridized carbons (Fsp3) is 0.682. The number of aryl methyl sites for hydroxylation is 1. The number of nitrogens with one attached hydrogen (secondary N) is 1. The van der Waals surface area contributed by atoms with E-state index in [1.54, 1.807) is 0 Å². The molecule has 28 heavy (non-hydrogen) atoms. The normalized spacial score (nSPS) is 13.9.